The van der Waals surface area contributed by atoms with Crippen LogP contribution in [0.15, 0.2) is 64.8 Å². The van der Waals surface area contributed by atoms with E-state index in [1.165, 1.54) is 17.2 Å². The highest BCUT2D eigenvalue weighted by Crippen LogP contribution is 2.23. The number of ether oxygens (including phenoxy) is 1. The van der Waals surface area contributed by atoms with Crippen molar-refractivity contribution in [2.75, 3.05) is 12.0 Å². The van der Waals surface area contributed by atoms with E-state index < -0.39 is 11.8 Å². The molecule has 3 rings (SSSR count). The third kappa shape index (κ3) is 3.51. The summed E-state index contributed by atoms with van der Waals surface area (Å²) in [6.07, 6.45) is 6.19. The quantitative estimate of drug-likeness (QED) is 0.519. The number of anilines is 1. The molecule has 0 saturated carbocycles. The number of rotatable bonds is 4. The monoisotopic (exact) mass is 354 g/mol. The number of allylic oxidation sites excluding steroid dienone is 2. The first-order valence-corrected chi connectivity index (χ1v) is 7.76. The zero-order valence-corrected chi connectivity index (χ0v) is 14.1. The lowest BCUT2D eigenvalue weighted by molar-refractivity contribution is -0.122. The summed E-state index contributed by atoms with van der Waals surface area (Å²) >= 11 is 5.14. The minimum Gasteiger partial charge on any atom is -0.497 e. The average molecular weight is 354 g/mol. The molecule has 1 saturated heterocycles. The molecule has 1 N–H and O–H groups in total. The largest absolute Gasteiger partial charge is 0.497 e. The maximum atomic E-state index is 12.7. The first-order valence-electron chi connectivity index (χ1n) is 7.36. The van der Waals surface area contributed by atoms with Gasteiger partial charge in [-0.25, -0.2) is 0 Å². The molecule has 6 nitrogen and oxygen atoms in total. The van der Waals surface area contributed by atoms with E-state index in [1.54, 1.807) is 55.7 Å². The summed E-state index contributed by atoms with van der Waals surface area (Å²) in [7, 11) is 1.55. The van der Waals surface area contributed by atoms with Gasteiger partial charge in [0.1, 0.15) is 17.1 Å². The van der Waals surface area contributed by atoms with Crippen molar-refractivity contribution < 1.29 is 18.7 Å². The van der Waals surface area contributed by atoms with Gasteiger partial charge in [0.2, 0.25) is 0 Å². The number of furan rings is 1. The second-order valence-electron chi connectivity index (χ2n) is 5.05. The topological polar surface area (TPSA) is 71.8 Å². The van der Waals surface area contributed by atoms with E-state index in [2.05, 4.69) is 5.32 Å². The molecule has 0 atom stereocenters. The van der Waals surface area contributed by atoms with Crippen molar-refractivity contribution in [2.45, 2.75) is 0 Å². The molecule has 2 aromatic rings. The van der Waals surface area contributed by atoms with Crippen molar-refractivity contribution in [1.29, 1.82) is 0 Å². The molecule has 126 valence electrons. The molecule has 1 aromatic carbocycles. The second kappa shape index (κ2) is 7.14. The van der Waals surface area contributed by atoms with E-state index in [0.717, 1.165) is 0 Å². The van der Waals surface area contributed by atoms with Gasteiger partial charge in [-0.2, -0.15) is 0 Å². The number of hydrogen-bond acceptors (Lipinski definition) is 5. The summed E-state index contributed by atoms with van der Waals surface area (Å²) in [5, 5.41) is 2.56. The fraction of sp³-hybridized carbons (Fsp3) is 0.0556. The Morgan fingerprint density at radius 2 is 1.96 bits per heavy atom. The highest BCUT2D eigenvalue weighted by atomic mass is 32.1. The van der Waals surface area contributed by atoms with Gasteiger partial charge in [-0.3, -0.25) is 19.8 Å². The normalized spacial score (nSPS) is 16.6. The van der Waals surface area contributed by atoms with Gasteiger partial charge in [0, 0.05) is 0 Å². The molecule has 0 aliphatic carbocycles. The van der Waals surface area contributed by atoms with Gasteiger partial charge in [0.15, 0.2) is 5.11 Å². The van der Waals surface area contributed by atoms with Crippen LogP contribution in [0.25, 0.3) is 6.08 Å². The van der Waals surface area contributed by atoms with Crippen LogP contribution in [0.1, 0.15) is 5.76 Å². The number of benzene rings is 1. The van der Waals surface area contributed by atoms with Crippen LogP contribution in [-0.4, -0.2) is 24.0 Å². The van der Waals surface area contributed by atoms with Gasteiger partial charge < -0.3 is 9.15 Å². The maximum absolute atomic E-state index is 12.7. The first-order chi connectivity index (χ1) is 12.1. The van der Waals surface area contributed by atoms with Crippen LogP contribution in [0.5, 0.6) is 5.75 Å². The fourth-order valence-electron chi connectivity index (χ4n) is 2.27. The minimum absolute atomic E-state index is 0.0211. The highest BCUT2D eigenvalue weighted by molar-refractivity contribution is 7.80. The van der Waals surface area contributed by atoms with Crippen molar-refractivity contribution in [1.82, 2.24) is 5.32 Å². The van der Waals surface area contributed by atoms with Crippen molar-refractivity contribution >= 4 is 40.9 Å². The summed E-state index contributed by atoms with van der Waals surface area (Å²) in [5.41, 5.74) is 0.518. The van der Waals surface area contributed by atoms with E-state index in [1.807, 2.05) is 0 Å². The van der Waals surface area contributed by atoms with Crippen molar-refractivity contribution in [3.05, 3.63) is 66.1 Å². The minimum atomic E-state index is -0.538. The summed E-state index contributed by atoms with van der Waals surface area (Å²) in [6, 6.07) is 10.3. The molecular formula is C18H14N2O4S. The Labute approximate surface area is 149 Å². The summed E-state index contributed by atoms with van der Waals surface area (Å²) in [6.45, 7) is 0. The molecule has 0 spiro atoms. The molecule has 1 fully saturated rings. The van der Waals surface area contributed by atoms with E-state index in [9.17, 15) is 9.59 Å². The van der Waals surface area contributed by atoms with Crippen LogP contribution < -0.4 is 15.0 Å². The molecule has 7 heteroatoms. The third-order valence-electron chi connectivity index (χ3n) is 3.50. The third-order valence-corrected chi connectivity index (χ3v) is 3.78. The maximum Gasteiger partial charge on any atom is 0.270 e. The lowest BCUT2D eigenvalue weighted by atomic mass is 10.1. The molecule has 0 bridgehead atoms. The molecule has 1 aliphatic heterocycles. The fourth-order valence-corrected chi connectivity index (χ4v) is 2.55. The van der Waals surface area contributed by atoms with Crippen LogP contribution in [-0.2, 0) is 9.59 Å². The van der Waals surface area contributed by atoms with Crippen molar-refractivity contribution in [3.8, 4) is 5.75 Å². The van der Waals surface area contributed by atoms with Gasteiger partial charge in [-0.15, -0.1) is 0 Å². The van der Waals surface area contributed by atoms with Crippen LogP contribution in [0.2, 0.25) is 0 Å². The molecule has 1 aromatic heterocycles. The van der Waals surface area contributed by atoms with Crippen LogP contribution in [0, 0.1) is 0 Å². The molecule has 25 heavy (non-hydrogen) atoms. The molecule has 1 aliphatic rings. The number of carbonyl (C=O) groups excluding carboxylic acids is 2. The predicted octanol–water partition coefficient (Wildman–Crippen LogP) is 2.68. The summed E-state index contributed by atoms with van der Waals surface area (Å²) in [4.78, 5) is 26.1. The molecule has 2 amide bonds. The Bertz CT molecular complexity index is 867. The second-order valence-corrected chi connectivity index (χ2v) is 5.44. The Morgan fingerprint density at radius 3 is 2.60 bits per heavy atom. The van der Waals surface area contributed by atoms with Gasteiger partial charge in [0.05, 0.1) is 19.1 Å². The van der Waals surface area contributed by atoms with Crippen LogP contribution in [0.4, 0.5) is 5.69 Å². The lowest BCUT2D eigenvalue weighted by Crippen LogP contribution is -2.54. The first kappa shape index (κ1) is 16.7. The Balaban J connectivity index is 1.88. The predicted molar refractivity (Wildman–Crippen MR) is 97.0 cm³/mol. The molecular weight excluding hydrogens is 340 g/mol. The van der Waals surface area contributed by atoms with Crippen molar-refractivity contribution in [3.63, 3.8) is 0 Å². The van der Waals surface area contributed by atoms with E-state index in [4.69, 9.17) is 21.4 Å². The van der Waals surface area contributed by atoms with Crippen LogP contribution >= 0.6 is 12.2 Å². The summed E-state index contributed by atoms with van der Waals surface area (Å²) in [5.74, 6) is 0.232. The summed E-state index contributed by atoms with van der Waals surface area (Å²) < 4.78 is 10.3. The number of amides is 2. The standard InChI is InChI=1S/C18H14N2O4S/c1-23-13-9-7-12(8-10-13)20-17(22)15(16(21)19-18(20)25)6-2-4-14-5-3-11-24-14/h2-11H,1H3,(H,19,21,25)/b4-2+,15-6+. The number of hydrogen-bond donors (Lipinski definition) is 1. The van der Waals surface area contributed by atoms with Gasteiger partial charge in [-0.05, 0) is 60.8 Å². The van der Waals surface area contributed by atoms with E-state index in [0.29, 0.717) is 17.2 Å². The number of nitrogens with zero attached hydrogens (tertiary/aromatic N) is 1. The molecule has 0 unspecified atom stereocenters. The Hall–Kier alpha value is -3.19. The zero-order chi connectivity index (χ0) is 17.8. The highest BCUT2D eigenvalue weighted by Gasteiger charge is 2.34. The smallest absolute Gasteiger partial charge is 0.270 e. The zero-order valence-electron chi connectivity index (χ0n) is 13.3. The average Bonchev–Trinajstić information content (AvgIpc) is 3.11. The number of nitrogens with one attached hydrogen (secondary N) is 1. The van der Waals surface area contributed by atoms with Gasteiger partial charge >= 0.3 is 0 Å². The van der Waals surface area contributed by atoms with Crippen LogP contribution in [0.3, 0.4) is 0 Å². The SMILES string of the molecule is COc1ccc(N2C(=O)/C(=C/C=C/c3ccco3)C(=O)NC2=S)cc1. The molecule has 2 heterocycles. The Kier molecular flexibility index (Phi) is 4.76. The number of thiocarbonyl (C=S) groups is 1. The Morgan fingerprint density at radius 1 is 1.20 bits per heavy atom. The van der Waals surface area contributed by atoms with E-state index in [-0.39, 0.29) is 10.7 Å². The molecule has 0 radical (unpaired) electrons. The van der Waals surface area contributed by atoms with Gasteiger partial charge in [0.25, 0.3) is 11.8 Å². The van der Waals surface area contributed by atoms with Crippen molar-refractivity contribution in [2.24, 2.45) is 0 Å². The lowest BCUT2D eigenvalue weighted by Gasteiger charge is -2.28. The number of carbonyl (C=O) groups is 2. The number of methoxy groups -OCH3 is 1. The van der Waals surface area contributed by atoms with Gasteiger partial charge in [-0.1, -0.05) is 6.08 Å². The van der Waals surface area contributed by atoms with E-state index >= 15 is 0 Å².